The van der Waals surface area contributed by atoms with Gasteiger partial charge in [0.05, 0.1) is 0 Å². The Morgan fingerprint density at radius 2 is 2.38 bits per heavy atom. The Morgan fingerprint density at radius 3 is 3.10 bits per heavy atom. The summed E-state index contributed by atoms with van der Waals surface area (Å²) >= 11 is 2.73. The number of aromatic nitrogens is 2. The number of fused-ring (bicyclic) bond motifs is 1. The molecule has 1 aromatic rings. The number of hydrogen-bond acceptors (Lipinski definition) is 6. The lowest BCUT2D eigenvalue weighted by molar-refractivity contribution is 0.0767. The molecule has 3 rings (SSSR count). The number of carbonyl (C=O) groups excluding carboxylic acids is 1. The van der Waals surface area contributed by atoms with Crippen LogP contribution in [0.1, 0.15) is 26.2 Å². The first-order valence-corrected chi connectivity index (χ1v) is 9.40. The highest BCUT2D eigenvalue weighted by atomic mass is 32.2. The van der Waals surface area contributed by atoms with Crippen LogP contribution in [0.25, 0.3) is 0 Å². The van der Waals surface area contributed by atoms with Gasteiger partial charge in [0.15, 0.2) is 0 Å². The van der Waals surface area contributed by atoms with E-state index in [0.29, 0.717) is 22.4 Å². The Hall–Kier alpha value is -0.860. The Balaban J connectivity index is 1.67. The SMILES string of the molecule is CC[C@@H]1CN2CCC[C@H]2CN1C(=O)Nc1nc(SC)ns1. The molecule has 2 aliphatic rings. The summed E-state index contributed by atoms with van der Waals surface area (Å²) in [5, 5.41) is 4.21. The maximum absolute atomic E-state index is 12.6. The van der Waals surface area contributed by atoms with Crippen LogP contribution >= 0.6 is 23.3 Å². The van der Waals surface area contributed by atoms with E-state index >= 15 is 0 Å². The number of hydrogen-bond donors (Lipinski definition) is 1. The van der Waals surface area contributed by atoms with Gasteiger partial charge in [-0.1, -0.05) is 18.7 Å². The predicted molar refractivity (Wildman–Crippen MR) is 86.1 cm³/mol. The van der Waals surface area contributed by atoms with E-state index in [0.717, 1.165) is 19.5 Å². The van der Waals surface area contributed by atoms with Crippen molar-refractivity contribution in [3.05, 3.63) is 0 Å². The molecule has 2 atom stereocenters. The number of amides is 2. The first kappa shape index (κ1) is 15.1. The normalized spacial score (nSPS) is 25.9. The van der Waals surface area contributed by atoms with Crippen molar-refractivity contribution in [1.29, 1.82) is 0 Å². The average molecular weight is 327 g/mol. The molecule has 116 valence electrons. The minimum atomic E-state index is -0.0304. The first-order chi connectivity index (χ1) is 10.2. The predicted octanol–water partition coefficient (Wildman–Crippen LogP) is 2.35. The number of nitrogens with zero attached hydrogens (tertiary/aromatic N) is 4. The van der Waals surface area contributed by atoms with Crippen LogP contribution in [-0.4, -0.2) is 63.2 Å². The lowest BCUT2D eigenvalue weighted by Crippen LogP contribution is -2.58. The van der Waals surface area contributed by atoms with Crippen molar-refractivity contribution >= 4 is 34.5 Å². The lowest BCUT2D eigenvalue weighted by Gasteiger charge is -2.43. The van der Waals surface area contributed by atoms with Gasteiger partial charge in [-0.05, 0) is 32.1 Å². The molecular formula is C13H21N5OS2. The number of urea groups is 1. The summed E-state index contributed by atoms with van der Waals surface area (Å²) in [5.74, 6) is 0. The van der Waals surface area contributed by atoms with Crippen molar-refractivity contribution in [2.45, 2.75) is 43.4 Å². The van der Waals surface area contributed by atoms with E-state index in [1.807, 2.05) is 11.2 Å². The molecule has 21 heavy (non-hydrogen) atoms. The van der Waals surface area contributed by atoms with Crippen molar-refractivity contribution in [1.82, 2.24) is 19.2 Å². The van der Waals surface area contributed by atoms with Crippen LogP contribution in [0.5, 0.6) is 0 Å². The van der Waals surface area contributed by atoms with Gasteiger partial charge in [0, 0.05) is 36.7 Å². The van der Waals surface area contributed by atoms with Crippen LogP contribution in [0.4, 0.5) is 9.93 Å². The highest BCUT2D eigenvalue weighted by Crippen LogP contribution is 2.27. The summed E-state index contributed by atoms with van der Waals surface area (Å²) in [4.78, 5) is 21.4. The monoisotopic (exact) mass is 327 g/mol. The van der Waals surface area contributed by atoms with Gasteiger partial charge in [0.25, 0.3) is 0 Å². The van der Waals surface area contributed by atoms with E-state index < -0.39 is 0 Å². The van der Waals surface area contributed by atoms with E-state index in [4.69, 9.17) is 0 Å². The van der Waals surface area contributed by atoms with E-state index in [9.17, 15) is 4.79 Å². The van der Waals surface area contributed by atoms with Crippen LogP contribution in [0.15, 0.2) is 5.16 Å². The maximum Gasteiger partial charge on any atom is 0.324 e. The third-order valence-corrected chi connectivity index (χ3v) is 5.62. The molecule has 3 heterocycles. The quantitative estimate of drug-likeness (QED) is 0.864. The van der Waals surface area contributed by atoms with Gasteiger partial charge in [-0.2, -0.15) is 9.36 Å². The number of anilines is 1. The number of nitrogens with one attached hydrogen (secondary N) is 1. The molecule has 0 unspecified atom stereocenters. The number of rotatable bonds is 3. The summed E-state index contributed by atoms with van der Waals surface area (Å²) < 4.78 is 4.18. The van der Waals surface area contributed by atoms with Crippen molar-refractivity contribution in [3.63, 3.8) is 0 Å². The Labute approximate surface area is 133 Å². The molecule has 0 spiro atoms. The second-order valence-electron chi connectivity index (χ2n) is 5.52. The summed E-state index contributed by atoms with van der Waals surface area (Å²) in [5.41, 5.74) is 0. The van der Waals surface area contributed by atoms with Crippen molar-refractivity contribution in [2.24, 2.45) is 0 Å². The van der Waals surface area contributed by atoms with Gasteiger partial charge in [-0.15, -0.1) is 0 Å². The van der Waals surface area contributed by atoms with E-state index in [1.165, 1.54) is 42.7 Å². The van der Waals surface area contributed by atoms with E-state index in [1.54, 1.807) is 0 Å². The van der Waals surface area contributed by atoms with Gasteiger partial charge < -0.3 is 4.90 Å². The van der Waals surface area contributed by atoms with Crippen LogP contribution < -0.4 is 5.32 Å². The molecule has 0 saturated carbocycles. The molecule has 0 aromatic carbocycles. The van der Waals surface area contributed by atoms with Gasteiger partial charge >= 0.3 is 6.03 Å². The van der Waals surface area contributed by atoms with Gasteiger partial charge in [-0.25, -0.2) is 4.79 Å². The largest absolute Gasteiger partial charge is 0.324 e. The molecule has 1 N–H and O–H groups in total. The molecule has 0 radical (unpaired) electrons. The molecule has 2 fully saturated rings. The molecule has 2 aliphatic heterocycles. The van der Waals surface area contributed by atoms with Crippen molar-refractivity contribution in [2.75, 3.05) is 31.2 Å². The number of thioether (sulfide) groups is 1. The number of piperazine rings is 1. The lowest BCUT2D eigenvalue weighted by atomic mass is 10.1. The Kier molecular flexibility index (Phi) is 4.66. The van der Waals surface area contributed by atoms with Crippen LogP contribution in [0, 0.1) is 0 Å². The fraction of sp³-hybridized carbons (Fsp3) is 0.769. The van der Waals surface area contributed by atoms with E-state index in [2.05, 4.69) is 26.5 Å². The second kappa shape index (κ2) is 6.50. The smallest absolute Gasteiger partial charge is 0.319 e. The molecule has 8 heteroatoms. The highest BCUT2D eigenvalue weighted by molar-refractivity contribution is 7.98. The average Bonchev–Trinajstić information content (AvgIpc) is 3.13. The van der Waals surface area contributed by atoms with Crippen LogP contribution in [-0.2, 0) is 0 Å². The van der Waals surface area contributed by atoms with Crippen LogP contribution in [0.2, 0.25) is 0 Å². The zero-order valence-corrected chi connectivity index (χ0v) is 14.0. The zero-order chi connectivity index (χ0) is 14.8. The topological polar surface area (TPSA) is 61.4 Å². The minimum Gasteiger partial charge on any atom is -0.319 e. The maximum atomic E-state index is 12.6. The summed E-state index contributed by atoms with van der Waals surface area (Å²) in [6.45, 7) is 5.17. The summed E-state index contributed by atoms with van der Waals surface area (Å²) in [6.07, 6.45) is 5.38. The van der Waals surface area contributed by atoms with Crippen molar-refractivity contribution < 1.29 is 4.79 Å². The Bertz CT molecular complexity index is 509. The molecule has 1 aromatic heterocycles. The van der Waals surface area contributed by atoms with Gasteiger partial charge in [0.2, 0.25) is 10.3 Å². The summed E-state index contributed by atoms with van der Waals surface area (Å²) in [7, 11) is 0. The zero-order valence-electron chi connectivity index (χ0n) is 12.4. The van der Waals surface area contributed by atoms with Crippen molar-refractivity contribution in [3.8, 4) is 0 Å². The molecule has 2 saturated heterocycles. The molecule has 2 amide bonds. The molecule has 0 bridgehead atoms. The standard InChI is InChI=1S/C13H21N5OS2/c1-3-9-7-17-6-4-5-10(17)8-18(9)13(19)15-11-14-12(20-2)16-21-11/h9-10H,3-8H2,1-2H3,(H,14,15,16,19)/t9-,10+/m1/s1. The number of carbonyl (C=O) groups is 1. The summed E-state index contributed by atoms with van der Waals surface area (Å²) in [6, 6.07) is 0.805. The molecular weight excluding hydrogens is 306 g/mol. The second-order valence-corrected chi connectivity index (χ2v) is 7.05. The fourth-order valence-corrected chi connectivity index (χ4v) is 4.31. The molecule has 0 aliphatic carbocycles. The van der Waals surface area contributed by atoms with Gasteiger partial charge in [-0.3, -0.25) is 10.2 Å². The highest BCUT2D eigenvalue weighted by Gasteiger charge is 2.37. The fourth-order valence-electron chi connectivity index (χ4n) is 3.19. The van der Waals surface area contributed by atoms with Crippen LogP contribution in [0.3, 0.4) is 0 Å². The Morgan fingerprint density at radius 1 is 1.52 bits per heavy atom. The minimum absolute atomic E-state index is 0.0304. The van der Waals surface area contributed by atoms with E-state index in [-0.39, 0.29) is 6.03 Å². The van der Waals surface area contributed by atoms with Gasteiger partial charge in [0.1, 0.15) is 0 Å². The first-order valence-electron chi connectivity index (χ1n) is 7.40. The third kappa shape index (κ3) is 3.17. The third-order valence-electron chi connectivity index (χ3n) is 4.33. The molecule has 6 nitrogen and oxygen atoms in total.